The Morgan fingerprint density at radius 3 is 2.33 bits per heavy atom. The highest BCUT2D eigenvalue weighted by atomic mass is 15.2. The molecule has 4 aromatic rings. The number of hydrogen-bond donors (Lipinski definition) is 1. The second-order valence-corrected chi connectivity index (χ2v) is 8.26. The van der Waals surface area contributed by atoms with Crippen molar-refractivity contribution in [3.8, 4) is 11.5 Å². The molecule has 7 heteroatoms. The quantitative estimate of drug-likeness (QED) is 0.496. The fraction of sp³-hybridized carbons (Fsp3) is 0.269. The van der Waals surface area contributed by atoms with E-state index in [1.165, 1.54) is 11.3 Å². The molecule has 0 aliphatic carbocycles. The van der Waals surface area contributed by atoms with Crippen LogP contribution >= 0.6 is 0 Å². The van der Waals surface area contributed by atoms with Crippen LogP contribution in [0.1, 0.15) is 28.5 Å². The van der Waals surface area contributed by atoms with E-state index in [4.69, 9.17) is 9.97 Å². The van der Waals surface area contributed by atoms with Crippen LogP contribution in [-0.4, -0.2) is 51.1 Å². The molecule has 5 rings (SSSR count). The van der Waals surface area contributed by atoms with Crippen molar-refractivity contribution >= 4 is 5.69 Å². The molecular formula is C26H27N7. The fourth-order valence-corrected chi connectivity index (χ4v) is 4.03. The highest BCUT2D eigenvalue weighted by Crippen LogP contribution is 2.18. The Labute approximate surface area is 194 Å². The van der Waals surface area contributed by atoms with Gasteiger partial charge in [-0.25, -0.2) is 24.9 Å². The number of aryl methyl sites for hydroxylation is 1. The van der Waals surface area contributed by atoms with E-state index in [0.29, 0.717) is 18.7 Å². The number of aromatic nitrogens is 5. The first-order valence-corrected chi connectivity index (χ1v) is 11.3. The average molecular weight is 438 g/mol. The summed E-state index contributed by atoms with van der Waals surface area (Å²) in [6.07, 6.45) is 4.94. The molecular weight excluding hydrogens is 410 g/mol. The largest absolute Gasteiger partial charge is 0.369 e. The molecule has 3 aromatic heterocycles. The minimum Gasteiger partial charge on any atom is -0.369 e. The smallest absolute Gasteiger partial charge is 0.178 e. The van der Waals surface area contributed by atoms with Gasteiger partial charge in [0.15, 0.2) is 5.82 Å². The molecule has 0 bridgehead atoms. The Morgan fingerprint density at radius 1 is 0.788 bits per heavy atom. The summed E-state index contributed by atoms with van der Waals surface area (Å²) in [5.41, 5.74) is 6.07. The Morgan fingerprint density at radius 2 is 1.55 bits per heavy atom. The van der Waals surface area contributed by atoms with Crippen LogP contribution in [0, 0.1) is 6.92 Å². The molecule has 1 aliphatic heterocycles. The van der Waals surface area contributed by atoms with Gasteiger partial charge in [0, 0.05) is 62.8 Å². The van der Waals surface area contributed by atoms with Crippen molar-refractivity contribution in [3.05, 3.63) is 95.5 Å². The van der Waals surface area contributed by atoms with Crippen LogP contribution in [0.2, 0.25) is 0 Å². The molecule has 1 aromatic carbocycles. The number of rotatable bonds is 6. The molecule has 1 aliphatic rings. The van der Waals surface area contributed by atoms with E-state index in [9.17, 15) is 0 Å². The predicted octanol–water partition coefficient (Wildman–Crippen LogP) is 3.23. The van der Waals surface area contributed by atoms with Crippen molar-refractivity contribution < 1.29 is 0 Å². The third-order valence-electron chi connectivity index (χ3n) is 5.74. The van der Waals surface area contributed by atoms with Gasteiger partial charge in [0.05, 0.1) is 11.4 Å². The lowest BCUT2D eigenvalue weighted by atomic mass is 10.1. The Bertz CT molecular complexity index is 1220. The van der Waals surface area contributed by atoms with E-state index in [-0.39, 0.29) is 0 Å². The minimum atomic E-state index is 0.624. The van der Waals surface area contributed by atoms with Crippen molar-refractivity contribution in [3.63, 3.8) is 0 Å². The van der Waals surface area contributed by atoms with E-state index in [1.807, 2.05) is 43.5 Å². The standard InChI is InChI=1S/C26H27N7/c1-19-3-2-4-24(30-19)26-29-12-10-22(32-26)18-21-9-11-28-25(31-21)17-20-5-7-23(8-6-20)33-15-13-27-14-16-33/h2-12,27H,13-18H2,1H3. The van der Waals surface area contributed by atoms with Gasteiger partial charge in [-0.15, -0.1) is 0 Å². The van der Waals surface area contributed by atoms with Gasteiger partial charge in [0.2, 0.25) is 0 Å². The number of pyridine rings is 1. The van der Waals surface area contributed by atoms with Crippen LogP contribution in [0.15, 0.2) is 67.0 Å². The molecule has 0 unspecified atom stereocenters. The zero-order chi connectivity index (χ0) is 22.5. The Balaban J connectivity index is 1.27. The molecule has 33 heavy (non-hydrogen) atoms. The van der Waals surface area contributed by atoms with Gasteiger partial charge in [-0.2, -0.15) is 0 Å². The lowest BCUT2D eigenvalue weighted by molar-refractivity contribution is 0.589. The average Bonchev–Trinajstić information content (AvgIpc) is 2.85. The summed E-state index contributed by atoms with van der Waals surface area (Å²) in [7, 11) is 0. The first-order valence-electron chi connectivity index (χ1n) is 11.3. The maximum atomic E-state index is 4.79. The van der Waals surface area contributed by atoms with E-state index < -0.39 is 0 Å². The highest BCUT2D eigenvalue weighted by molar-refractivity contribution is 5.49. The van der Waals surface area contributed by atoms with Crippen molar-refractivity contribution in [2.24, 2.45) is 0 Å². The predicted molar refractivity (Wildman–Crippen MR) is 129 cm³/mol. The SMILES string of the molecule is Cc1cccc(-c2nccc(Cc3ccnc(Cc4ccc(N5CCNCC5)cc4)n3)n2)n1. The van der Waals surface area contributed by atoms with Crippen molar-refractivity contribution in [2.75, 3.05) is 31.1 Å². The van der Waals surface area contributed by atoms with E-state index in [0.717, 1.165) is 54.8 Å². The Hall–Kier alpha value is -3.71. The molecule has 1 fully saturated rings. The second-order valence-electron chi connectivity index (χ2n) is 8.26. The molecule has 1 N–H and O–H groups in total. The summed E-state index contributed by atoms with van der Waals surface area (Å²) in [5, 5.41) is 3.40. The number of nitrogens with one attached hydrogen (secondary N) is 1. The summed E-state index contributed by atoms with van der Waals surface area (Å²) in [6, 6.07) is 18.5. The topological polar surface area (TPSA) is 79.7 Å². The molecule has 0 saturated carbocycles. The molecule has 0 amide bonds. The van der Waals surface area contributed by atoms with Crippen LogP contribution in [0.3, 0.4) is 0 Å². The fourth-order valence-electron chi connectivity index (χ4n) is 4.03. The van der Waals surface area contributed by atoms with E-state index in [2.05, 4.69) is 49.4 Å². The van der Waals surface area contributed by atoms with E-state index >= 15 is 0 Å². The van der Waals surface area contributed by atoms with Crippen molar-refractivity contribution in [1.82, 2.24) is 30.2 Å². The van der Waals surface area contributed by atoms with Crippen LogP contribution in [0.5, 0.6) is 0 Å². The van der Waals surface area contributed by atoms with E-state index in [1.54, 1.807) is 6.20 Å². The lowest BCUT2D eigenvalue weighted by Crippen LogP contribution is -2.43. The van der Waals surface area contributed by atoms with Gasteiger partial charge in [0.25, 0.3) is 0 Å². The summed E-state index contributed by atoms with van der Waals surface area (Å²) >= 11 is 0. The van der Waals surface area contributed by atoms with Gasteiger partial charge in [-0.1, -0.05) is 18.2 Å². The van der Waals surface area contributed by atoms with Crippen molar-refractivity contribution in [2.45, 2.75) is 19.8 Å². The Kier molecular flexibility index (Phi) is 6.30. The molecule has 1 saturated heterocycles. The molecule has 0 atom stereocenters. The number of benzene rings is 1. The van der Waals surface area contributed by atoms with Crippen LogP contribution < -0.4 is 10.2 Å². The maximum Gasteiger partial charge on any atom is 0.178 e. The zero-order valence-corrected chi connectivity index (χ0v) is 18.8. The van der Waals surface area contributed by atoms with Crippen LogP contribution in [-0.2, 0) is 12.8 Å². The van der Waals surface area contributed by atoms with Crippen LogP contribution in [0.4, 0.5) is 5.69 Å². The molecule has 0 radical (unpaired) electrons. The monoisotopic (exact) mass is 437 g/mol. The number of piperazine rings is 1. The number of anilines is 1. The maximum absolute atomic E-state index is 4.79. The summed E-state index contributed by atoms with van der Waals surface area (Å²) in [6.45, 7) is 6.15. The van der Waals surface area contributed by atoms with Gasteiger partial charge in [0.1, 0.15) is 11.5 Å². The van der Waals surface area contributed by atoms with Gasteiger partial charge < -0.3 is 10.2 Å². The first kappa shape index (κ1) is 21.2. The lowest BCUT2D eigenvalue weighted by Gasteiger charge is -2.29. The molecule has 7 nitrogen and oxygen atoms in total. The highest BCUT2D eigenvalue weighted by Gasteiger charge is 2.11. The van der Waals surface area contributed by atoms with Gasteiger partial charge >= 0.3 is 0 Å². The van der Waals surface area contributed by atoms with Gasteiger partial charge in [-0.3, -0.25) is 0 Å². The molecule has 0 spiro atoms. The summed E-state index contributed by atoms with van der Waals surface area (Å²) in [4.78, 5) is 25.3. The first-order chi connectivity index (χ1) is 16.2. The van der Waals surface area contributed by atoms with Crippen molar-refractivity contribution in [1.29, 1.82) is 0 Å². The summed E-state index contributed by atoms with van der Waals surface area (Å²) in [5.74, 6) is 1.45. The zero-order valence-electron chi connectivity index (χ0n) is 18.8. The third kappa shape index (κ3) is 5.38. The number of hydrogen-bond acceptors (Lipinski definition) is 7. The number of nitrogens with zero attached hydrogens (tertiary/aromatic N) is 6. The summed E-state index contributed by atoms with van der Waals surface area (Å²) < 4.78 is 0. The molecule has 166 valence electrons. The minimum absolute atomic E-state index is 0.624. The van der Waals surface area contributed by atoms with Crippen LogP contribution in [0.25, 0.3) is 11.5 Å². The third-order valence-corrected chi connectivity index (χ3v) is 5.74. The normalized spacial score (nSPS) is 13.8. The second kappa shape index (κ2) is 9.83. The molecule has 4 heterocycles. The van der Waals surface area contributed by atoms with Gasteiger partial charge in [-0.05, 0) is 48.9 Å².